The number of rotatable bonds is 4. The summed E-state index contributed by atoms with van der Waals surface area (Å²) in [6.45, 7) is 7.81. The summed E-state index contributed by atoms with van der Waals surface area (Å²) in [5, 5.41) is 2.89. The Bertz CT molecular complexity index is 749. The van der Waals surface area contributed by atoms with Gasteiger partial charge in [-0.25, -0.2) is 0 Å². The summed E-state index contributed by atoms with van der Waals surface area (Å²) < 4.78 is 2.51. The number of benzene rings is 2. The zero-order chi connectivity index (χ0) is 14.1. The molecule has 0 saturated carbocycles. The van der Waals surface area contributed by atoms with Crippen molar-refractivity contribution in [1.82, 2.24) is 4.57 Å². The first-order valence-corrected chi connectivity index (χ1v) is 7.76. The van der Waals surface area contributed by atoms with Crippen LogP contribution in [0.5, 0.6) is 0 Å². The van der Waals surface area contributed by atoms with E-state index in [0.717, 1.165) is 13.0 Å². The standard InChI is InChI=1S/C19H23N/c1-4-6-12-20-17-11-10-14(3)13-16(17)19-15(5-2)8-7-9-18(19)20/h7-11,13H,4-6,12H2,1-3H3. The van der Waals surface area contributed by atoms with Crippen molar-refractivity contribution in [3.05, 3.63) is 47.5 Å². The normalized spacial score (nSPS) is 11.6. The maximum absolute atomic E-state index is 2.51. The number of aromatic nitrogens is 1. The highest BCUT2D eigenvalue weighted by Gasteiger charge is 2.12. The predicted molar refractivity (Wildman–Crippen MR) is 88.5 cm³/mol. The lowest BCUT2D eigenvalue weighted by atomic mass is 10.0. The molecule has 0 amide bonds. The van der Waals surface area contributed by atoms with E-state index in [1.165, 1.54) is 45.8 Å². The fourth-order valence-electron chi connectivity index (χ4n) is 3.19. The third kappa shape index (κ3) is 2.02. The van der Waals surface area contributed by atoms with E-state index in [1.54, 1.807) is 0 Å². The van der Waals surface area contributed by atoms with E-state index in [2.05, 4.69) is 61.7 Å². The molecule has 0 N–H and O–H groups in total. The second-order valence-corrected chi connectivity index (χ2v) is 5.69. The summed E-state index contributed by atoms with van der Waals surface area (Å²) in [6, 6.07) is 13.6. The lowest BCUT2D eigenvalue weighted by Crippen LogP contribution is -1.97. The van der Waals surface area contributed by atoms with Crippen molar-refractivity contribution in [2.45, 2.75) is 46.6 Å². The Morgan fingerprint density at radius 1 is 1.00 bits per heavy atom. The van der Waals surface area contributed by atoms with Crippen molar-refractivity contribution in [2.24, 2.45) is 0 Å². The van der Waals surface area contributed by atoms with E-state index >= 15 is 0 Å². The Morgan fingerprint density at radius 2 is 1.85 bits per heavy atom. The predicted octanol–water partition coefficient (Wildman–Crippen LogP) is 5.47. The molecule has 0 radical (unpaired) electrons. The Hall–Kier alpha value is -1.76. The van der Waals surface area contributed by atoms with Gasteiger partial charge < -0.3 is 4.57 Å². The zero-order valence-electron chi connectivity index (χ0n) is 12.7. The fourth-order valence-corrected chi connectivity index (χ4v) is 3.19. The van der Waals surface area contributed by atoms with Crippen LogP contribution in [0.1, 0.15) is 37.8 Å². The molecule has 0 atom stereocenters. The van der Waals surface area contributed by atoms with Gasteiger partial charge in [-0.2, -0.15) is 0 Å². The van der Waals surface area contributed by atoms with Crippen molar-refractivity contribution in [1.29, 1.82) is 0 Å². The van der Waals surface area contributed by atoms with Crippen LogP contribution in [-0.4, -0.2) is 4.57 Å². The third-order valence-corrected chi connectivity index (χ3v) is 4.25. The molecule has 3 aromatic rings. The maximum atomic E-state index is 2.51. The summed E-state index contributed by atoms with van der Waals surface area (Å²) in [4.78, 5) is 0. The van der Waals surface area contributed by atoms with E-state index in [1.807, 2.05) is 0 Å². The molecule has 0 aliphatic heterocycles. The largest absolute Gasteiger partial charge is 0.340 e. The number of fused-ring (bicyclic) bond motifs is 3. The van der Waals surface area contributed by atoms with Gasteiger partial charge in [0.25, 0.3) is 0 Å². The van der Waals surface area contributed by atoms with Crippen molar-refractivity contribution in [3.8, 4) is 0 Å². The van der Waals surface area contributed by atoms with Crippen LogP contribution in [0.25, 0.3) is 21.8 Å². The summed E-state index contributed by atoms with van der Waals surface area (Å²) in [6.07, 6.45) is 3.57. The molecule has 20 heavy (non-hydrogen) atoms. The van der Waals surface area contributed by atoms with Gasteiger partial charge in [-0.15, -0.1) is 0 Å². The van der Waals surface area contributed by atoms with Crippen molar-refractivity contribution >= 4 is 21.8 Å². The first-order valence-electron chi connectivity index (χ1n) is 7.76. The van der Waals surface area contributed by atoms with Crippen molar-refractivity contribution in [2.75, 3.05) is 0 Å². The second-order valence-electron chi connectivity index (χ2n) is 5.69. The van der Waals surface area contributed by atoms with Gasteiger partial charge in [0.1, 0.15) is 0 Å². The molecular weight excluding hydrogens is 242 g/mol. The maximum Gasteiger partial charge on any atom is 0.0494 e. The highest BCUT2D eigenvalue weighted by atomic mass is 15.0. The van der Waals surface area contributed by atoms with Crippen LogP contribution in [0.15, 0.2) is 36.4 Å². The smallest absolute Gasteiger partial charge is 0.0494 e. The van der Waals surface area contributed by atoms with E-state index < -0.39 is 0 Å². The van der Waals surface area contributed by atoms with Crippen LogP contribution >= 0.6 is 0 Å². The monoisotopic (exact) mass is 265 g/mol. The van der Waals surface area contributed by atoms with E-state index in [0.29, 0.717) is 0 Å². The minimum absolute atomic E-state index is 1.10. The molecule has 1 heteroatoms. The van der Waals surface area contributed by atoms with Crippen LogP contribution in [0.2, 0.25) is 0 Å². The fraction of sp³-hybridized carbons (Fsp3) is 0.368. The van der Waals surface area contributed by atoms with Gasteiger partial charge in [-0.1, -0.05) is 44.0 Å². The first-order chi connectivity index (χ1) is 9.76. The Morgan fingerprint density at radius 3 is 2.60 bits per heavy atom. The van der Waals surface area contributed by atoms with Crippen LogP contribution in [0, 0.1) is 6.92 Å². The second kappa shape index (κ2) is 5.32. The highest BCUT2D eigenvalue weighted by molar-refractivity contribution is 6.10. The molecule has 3 rings (SSSR count). The molecule has 0 bridgehead atoms. The van der Waals surface area contributed by atoms with Crippen LogP contribution in [0.4, 0.5) is 0 Å². The Balaban J connectivity index is 2.39. The van der Waals surface area contributed by atoms with E-state index in [9.17, 15) is 0 Å². The van der Waals surface area contributed by atoms with Crippen LogP contribution < -0.4 is 0 Å². The molecule has 0 spiro atoms. The number of hydrogen-bond acceptors (Lipinski definition) is 0. The quantitative estimate of drug-likeness (QED) is 0.590. The average Bonchev–Trinajstić information content (AvgIpc) is 2.78. The van der Waals surface area contributed by atoms with Crippen LogP contribution in [0.3, 0.4) is 0 Å². The molecule has 0 aliphatic carbocycles. The van der Waals surface area contributed by atoms with Gasteiger partial charge >= 0.3 is 0 Å². The molecule has 1 nitrogen and oxygen atoms in total. The summed E-state index contributed by atoms with van der Waals surface area (Å²) >= 11 is 0. The minimum Gasteiger partial charge on any atom is -0.340 e. The number of unbranched alkanes of at least 4 members (excludes halogenated alkanes) is 1. The molecule has 0 unspecified atom stereocenters. The SMILES string of the molecule is CCCCn1c2ccc(C)cc2c2c(CC)cccc21. The van der Waals surface area contributed by atoms with Crippen molar-refractivity contribution in [3.63, 3.8) is 0 Å². The van der Waals surface area contributed by atoms with Crippen LogP contribution in [-0.2, 0) is 13.0 Å². The molecule has 0 fully saturated rings. The Kier molecular flexibility index (Phi) is 3.52. The van der Waals surface area contributed by atoms with Gasteiger partial charge in [0, 0.05) is 28.4 Å². The van der Waals surface area contributed by atoms with Gasteiger partial charge in [-0.05, 0) is 43.5 Å². The Labute approximate surface area is 121 Å². The summed E-state index contributed by atoms with van der Waals surface area (Å²) in [5.74, 6) is 0. The molecule has 0 aliphatic rings. The van der Waals surface area contributed by atoms with Crippen molar-refractivity contribution < 1.29 is 0 Å². The van der Waals surface area contributed by atoms with Gasteiger partial charge in [0.2, 0.25) is 0 Å². The molecule has 2 aromatic carbocycles. The van der Waals surface area contributed by atoms with Gasteiger partial charge in [-0.3, -0.25) is 0 Å². The van der Waals surface area contributed by atoms with E-state index in [-0.39, 0.29) is 0 Å². The van der Waals surface area contributed by atoms with Gasteiger partial charge in [0.15, 0.2) is 0 Å². The molecule has 104 valence electrons. The first kappa shape index (κ1) is 13.2. The minimum atomic E-state index is 1.10. The highest BCUT2D eigenvalue weighted by Crippen LogP contribution is 2.32. The number of aryl methyl sites for hydroxylation is 3. The topological polar surface area (TPSA) is 4.93 Å². The lowest BCUT2D eigenvalue weighted by molar-refractivity contribution is 0.665. The molecule has 0 saturated heterocycles. The molecule has 1 heterocycles. The zero-order valence-corrected chi connectivity index (χ0v) is 12.7. The van der Waals surface area contributed by atoms with Gasteiger partial charge in [0.05, 0.1) is 0 Å². The third-order valence-electron chi connectivity index (χ3n) is 4.25. The molecular formula is C19H23N. The molecule has 1 aromatic heterocycles. The van der Waals surface area contributed by atoms with E-state index in [4.69, 9.17) is 0 Å². The number of hydrogen-bond donors (Lipinski definition) is 0. The number of nitrogens with zero attached hydrogens (tertiary/aromatic N) is 1. The lowest BCUT2D eigenvalue weighted by Gasteiger charge is -2.06. The summed E-state index contributed by atoms with van der Waals surface area (Å²) in [7, 11) is 0. The summed E-state index contributed by atoms with van der Waals surface area (Å²) in [5.41, 5.74) is 5.60. The average molecular weight is 265 g/mol.